The summed E-state index contributed by atoms with van der Waals surface area (Å²) in [6.45, 7) is 7.70. The monoisotopic (exact) mass is 593 g/mol. The molecule has 0 bridgehead atoms. The zero-order valence-electron chi connectivity index (χ0n) is 23.5. The third-order valence-electron chi connectivity index (χ3n) is 6.73. The SMILES string of the molecule is CC(C)(C)ONC(=O)[C@@H]1CCCCN1CCCN(C(=O)c1cccs1)c1nc(-c2cc(-c3ccccc3)no2)cs1. The zero-order chi connectivity index (χ0) is 28.8. The number of piperidine rings is 1. The number of carbonyl (C=O) groups is 2. The predicted octanol–water partition coefficient (Wildman–Crippen LogP) is 6.26. The molecule has 4 heterocycles. The second-order valence-electron chi connectivity index (χ2n) is 11.0. The Morgan fingerprint density at radius 3 is 2.71 bits per heavy atom. The first kappa shape index (κ1) is 29.1. The molecule has 11 heteroatoms. The predicted molar refractivity (Wildman–Crippen MR) is 162 cm³/mol. The Morgan fingerprint density at radius 2 is 1.95 bits per heavy atom. The summed E-state index contributed by atoms with van der Waals surface area (Å²) in [5.41, 5.74) is 4.52. The minimum atomic E-state index is -0.459. The van der Waals surface area contributed by atoms with Crippen molar-refractivity contribution < 1.29 is 18.9 Å². The van der Waals surface area contributed by atoms with E-state index in [1.54, 1.807) is 4.90 Å². The van der Waals surface area contributed by atoms with Gasteiger partial charge in [-0.3, -0.25) is 24.2 Å². The number of aromatic nitrogens is 2. The van der Waals surface area contributed by atoms with Gasteiger partial charge in [-0.15, -0.1) is 22.7 Å². The van der Waals surface area contributed by atoms with Crippen LogP contribution in [0.25, 0.3) is 22.7 Å². The Kier molecular flexibility index (Phi) is 9.29. The fourth-order valence-electron chi connectivity index (χ4n) is 4.72. The summed E-state index contributed by atoms with van der Waals surface area (Å²) in [5, 5.41) is 8.59. The summed E-state index contributed by atoms with van der Waals surface area (Å²) in [5.74, 6) is 0.349. The highest BCUT2D eigenvalue weighted by molar-refractivity contribution is 7.14. The Hall–Kier alpha value is -3.38. The lowest BCUT2D eigenvalue weighted by Gasteiger charge is -2.35. The van der Waals surface area contributed by atoms with Crippen LogP contribution in [0, 0.1) is 0 Å². The summed E-state index contributed by atoms with van der Waals surface area (Å²) < 4.78 is 5.60. The third-order valence-corrected chi connectivity index (χ3v) is 8.45. The van der Waals surface area contributed by atoms with Crippen LogP contribution in [0.5, 0.6) is 0 Å². The number of benzene rings is 1. The lowest BCUT2D eigenvalue weighted by molar-refractivity contribution is -0.152. The van der Waals surface area contributed by atoms with Crippen molar-refractivity contribution in [1.82, 2.24) is 20.5 Å². The van der Waals surface area contributed by atoms with Gasteiger partial charge in [0.2, 0.25) is 0 Å². The van der Waals surface area contributed by atoms with Crippen molar-refractivity contribution in [3.05, 3.63) is 64.2 Å². The molecule has 5 rings (SSSR count). The van der Waals surface area contributed by atoms with Gasteiger partial charge in [-0.25, -0.2) is 10.5 Å². The molecule has 1 aliphatic rings. The number of thiophene rings is 1. The lowest BCUT2D eigenvalue weighted by Crippen LogP contribution is -2.51. The number of hydrogen-bond donors (Lipinski definition) is 1. The summed E-state index contributed by atoms with van der Waals surface area (Å²) in [6, 6.07) is 15.1. The van der Waals surface area contributed by atoms with Crippen molar-refractivity contribution in [2.24, 2.45) is 0 Å². The first-order chi connectivity index (χ1) is 19.8. The molecule has 0 spiro atoms. The van der Waals surface area contributed by atoms with Gasteiger partial charge in [-0.05, 0) is 58.0 Å². The highest BCUT2D eigenvalue weighted by Gasteiger charge is 2.30. The molecule has 2 amide bonds. The third kappa shape index (κ3) is 7.48. The van der Waals surface area contributed by atoms with E-state index in [1.165, 1.54) is 22.7 Å². The van der Waals surface area contributed by atoms with Crippen LogP contribution in [0.1, 0.15) is 56.1 Å². The van der Waals surface area contributed by atoms with Crippen molar-refractivity contribution in [1.29, 1.82) is 0 Å². The molecule has 1 N–H and O–H groups in total. The fraction of sp³-hybridized carbons (Fsp3) is 0.400. The van der Waals surface area contributed by atoms with Gasteiger partial charge in [-0.1, -0.05) is 48.0 Å². The van der Waals surface area contributed by atoms with E-state index in [-0.39, 0.29) is 17.9 Å². The van der Waals surface area contributed by atoms with E-state index in [0.717, 1.165) is 37.1 Å². The minimum absolute atomic E-state index is 0.0880. The second kappa shape index (κ2) is 13.1. The average Bonchev–Trinajstić information content (AvgIpc) is 3.76. The van der Waals surface area contributed by atoms with Gasteiger partial charge < -0.3 is 4.52 Å². The van der Waals surface area contributed by atoms with Crippen molar-refractivity contribution in [2.75, 3.05) is 24.5 Å². The number of thiazole rings is 1. The molecular weight excluding hydrogens is 558 g/mol. The fourth-order valence-corrected chi connectivity index (χ4v) is 6.23. The molecule has 0 radical (unpaired) electrons. The number of nitrogens with one attached hydrogen (secondary N) is 1. The highest BCUT2D eigenvalue weighted by Crippen LogP contribution is 2.31. The molecule has 1 aliphatic heterocycles. The molecule has 1 aromatic carbocycles. The second-order valence-corrected chi connectivity index (χ2v) is 12.8. The minimum Gasteiger partial charge on any atom is -0.354 e. The number of amides is 2. The summed E-state index contributed by atoms with van der Waals surface area (Å²) in [6.07, 6.45) is 3.52. The molecule has 4 aromatic rings. The van der Waals surface area contributed by atoms with E-state index in [1.807, 2.05) is 80.1 Å². The zero-order valence-corrected chi connectivity index (χ0v) is 25.2. The molecule has 0 aliphatic carbocycles. The molecule has 41 heavy (non-hydrogen) atoms. The summed E-state index contributed by atoms with van der Waals surface area (Å²) in [4.78, 5) is 41.3. The Labute approximate surface area is 248 Å². The normalized spacial score (nSPS) is 16.0. The molecule has 0 unspecified atom stereocenters. The van der Waals surface area contributed by atoms with E-state index in [2.05, 4.69) is 15.5 Å². The molecule has 3 aromatic heterocycles. The largest absolute Gasteiger partial charge is 0.354 e. The first-order valence-electron chi connectivity index (χ1n) is 13.8. The van der Waals surface area contributed by atoms with Crippen LogP contribution in [0.3, 0.4) is 0 Å². The van der Waals surface area contributed by atoms with E-state index in [9.17, 15) is 9.59 Å². The van der Waals surface area contributed by atoms with E-state index in [0.29, 0.717) is 41.0 Å². The quantitative estimate of drug-likeness (QED) is 0.217. The Morgan fingerprint density at radius 1 is 1.12 bits per heavy atom. The van der Waals surface area contributed by atoms with Gasteiger partial charge >= 0.3 is 0 Å². The Bertz CT molecular complexity index is 1430. The van der Waals surface area contributed by atoms with E-state index >= 15 is 0 Å². The summed E-state index contributed by atoms with van der Waals surface area (Å²) >= 11 is 2.81. The van der Waals surface area contributed by atoms with Crippen molar-refractivity contribution in [3.8, 4) is 22.7 Å². The van der Waals surface area contributed by atoms with Gasteiger partial charge in [0.05, 0.1) is 16.5 Å². The van der Waals surface area contributed by atoms with Crippen molar-refractivity contribution in [3.63, 3.8) is 0 Å². The van der Waals surface area contributed by atoms with E-state index < -0.39 is 5.60 Å². The maximum Gasteiger partial charge on any atom is 0.270 e. The van der Waals surface area contributed by atoms with Gasteiger partial charge in [0.15, 0.2) is 10.9 Å². The number of anilines is 1. The van der Waals surface area contributed by atoms with Crippen LogP contribution < -0.4 is 10.4 Å². The number of nitrogens with zero attached hydrogens (tertiary/aromatic N) is 4. The number of likely N-dealkylation sites (tertiary alicyclic amines) is 1. The van der Waals surface area contributed by atoms with Crippen LogP contribution in [-0.4, -0.2) is 58.1 Å². The number of carbonyl (C=O) groups excluding carboxylic acids is 2. The lowest BCUT2D eigenvalue weighted by atomic mass is 10.0. The Balaban J connectivity index is 1.28. The van der Waals surface area contributed by atoms with Crippen LogP contribution >= 0.6 is 22.7 Å². The maximum atomic E-state index is 13.5. The van der Waals surface area contributed by atoms with Gasteiger partial charge in [0.1, 0.15) is 11.4 Å². The van der Waals surface area contributed by atoms with Crippen molar-refractivity contribution >= 4 is 39.6 Å². The van der Waals surface area contributed by atoms with Gasteiger partial charge in [-0.2, -0.15) is 0 Å². The van der Waals surface area contributed by atoms with Crippen LogP contribution in [0.15, 0.2) is 63.8 Å². The van der Waals surface area contributed by atoms with Crippen molar-refractivity contribution in [2.45, 2.75) is 58.1 Å². The average molecular weight is 594 g/mol. The van der Waals surface area contributed by atoms with Gasteiger partial charge in [0.25, 0.3) is 11.8 Å². The highest BCUT2D eigenvalue weighted by atomic mass is 32.1. The number of hydroxylamine groups is 1. The van der Waals surface area contributed by atoms with Crippen LogP contribution in [0.4, 0.5) is 5.13 Å². The summed E-state index contributed by atoms with van der Waals surface area (Å²) in [7, 11) is 0. The topological polar surface area (TPSA) is 101 Å². The van der Waals surface area contributed by atoms with Crippen LogP contribution in [-0.2, 0) is 9.63 Å². The number of hydrogen-bond acceptors (Lipinski definition) is 9. The molecule has 1 fully saturated rings. The maximum absolute atomic E-state index is 13.5. The molecule has 1 atom stereocenters. The van der Waals surface area contributed by atoms with Crippen LogP contribution in [0.2, 0.25) is 0 Å². The van der Waals surface area contributed by atoms with E-state index in [4.69, 9.17) is 14.3 Å². The first-order valence-corrected chi connectivity index (χ1v) is 15.6. The molecule has 216 valence electrons. The molecule has 0 saturated carbocycles. The number of rotatable bonds is 10. The molecule has 1 saturated heterocycles. The van der Waals surface area contributed by atoms with Gasteiger partial charge in [0, 0.05) is 30.1 Å². The molecule has 9 nitrogen and oxygen atoms in total. The smallest absolute Gasteiger partial charge is 0.270 e. The molecular formula is C30H35N5O4S2. The standard InChI is InChI=1S/C30H35N5O4S2/c1-30(2,3)39-33-27(36)24-13-7-8-15-34(24)16-10-17-35(28(37)26-14-9-18-40-26)29-31-23(20-41-29)25-19-22(32-38-25)21-11-5-4-6-12-21/h4-6,9,11-12,14,18-20,24H,7-8,10,13,15-17H2,1-3H3,(H,33,36)/t24-/m0/s1.